The molecule has 0 saturated carbocycles. The molecule has 0 aliphatic heterocycles. The van der Waals surface area contributed by atoms with Crippen molar-refractivity contribution in [1.82, 2.24) is 0 Å². The summed E-state index contributed by atoms with van der Waals surface area (Å²) in [4.78, 5) is 10.3. The summed E-state index contributed by atoms with van der Waals surface area (Å²) in [6.45, 7) is 0. The second kappa shape index (κ2) is 4.85. The second-order valence-electron chi connectivity index (χ2n) is 2.71. The Morgan fingerprint density at radius 2 is 2.27 bits per heavy atom. The third kappa shape index (κ3) is 6.99. The number of nitrogens with zero attached hydrogens (tertiary/aromatic N) is 1. The van der Waals surface area contributed by atoms with Crippen LogP contribution in [0.2, 0.25) is 0 Å². The minimum atomic E-state index is -0.644. The third-order valence-electron chi connectivity index (χ3n) is 1.18. The summed E-state index contributed by atoms with van der Waals surface area (Å²) >= 11 is 0. The minimum absolute atomic E-state index is 0.0321. The van der Waals surface area contributed by atoms with Crippen LogP contribution >= 0.6 is 0 Å². The van der Waals surface area contributed by atoms with E-state index >= 15 is 0 Å². The van der Waals surface area contributed by atoms with Crippen LogP contribution in [0.3, 0.4) is 0 Å². The third-order valence-corrected chi connectivity index (χ3v) is 1.18. The molecule has 4 heteroatoms. The Balaban J connectivity index is 3.61. The first kappa shape index (κ1) is 10.1. The van der Waals surface area contributed by atoms with Gasteiger partial charge in [-0.3, -0.25) is 4.79 Å². The van der Waals surface area contributed by atoms with E-state index in [1.165, 1.54) is 0 Å². The van der Waals surface area contributed by atoms with Gasteiger partial charge in [-0.05, 0) is 0 Å². The monoisotopic (exact) mass is 159 g/mol. The molecule has 1 unspecified atom stereocenters. The van der Waals surface area contributed by atoms with Gasteiger partial charge >= 0.3 is 0 Å². The van der Waals surface area contributed by atoms with Gasteiger partial charge in [0.15, 0.2) is 0 Å². The number of primary amides is 1. The average molecular weight is 159 g/mol. The summed E-state index contributed by atoms with van der Waals surface area (Å²) < 4.78 is 1.82. The lowest BCUT2D eigenvalue weighted by molar-refractivity contribution is -0.460. The molecular formula is C7H15N2O2+. The molecule has 0 fully saturated rings. The number of amides is 1. The number of aliphatic hydroxyl groups is 1. The molecule has 0 spiro atoms. The fourth-order valence-electron chi connectivity index (χ4n) is 0.648. The molecule has 64 valence electrons. The molecule has 4 nitrogen and oxygen atoms in total. The van der Waals surface area contributed by atoms with E-state index in [0.29, 0.717) is 6.42 Å². The number of hydrogen-bond acceptors (Lipinski definition) is 2. The van der Waals surface area contributed by atoms with E-state index in [1.807, 2.05) is 18.7 Å². The second-order valence-corrected chi connectivity index (χ2v) is 2.71. The number of rotatable bonds is 4. The Hall–Kier alpha value is -0.900. The number of carbonyl (C=O) groups excluding carboxylic acids is 1. The minimum Gasteiger partial charge on any atom is -0.392 e. The molecule has 0 aromatic rings. The number of hydrogen-bond donors (Lipinski definition) is 2. The highest BCUT2D eigenvalue weighted by Gasteiger charge is 2.07. The SMILES string of the molecule is C[N+](C)=CCC(O)CC(N)=O. The van der Waals surface area contributed by atoms with Crippen molar-refractivity contribution in [2.24, 2.45) is 5.73 Å². The fraction of sp³-hybridized carbons (Fsp3) is 0.714. The zero-order valence-electron chi connectivity index (χ0n) is 6.95. The van der Waals surface area contributed by atoms with Gasteiger partial charge in [0, 0.05) is 0 Å². The van der Waals surface area contributed by atoms with E-state index < -0.39 is 12.0 Å². The molecule has 0 aliphatic rings. The molecule has 3 N–H and O–H groups in total. The van der Waals surface area contributed by atoms with Crippen molar-refractivity contribution in [2.45, 2.75) is 18.9 Å². The predicted octanol–water partition coefficient (Wildman–Crippen LogP) is -1.04. The zero-order valence-corrected chi connectivity index (χ0v) is 6.95. The van der Waals surface area contributed by atoms with Gasteiger partial charge in [0.25, 0.3) is 0 Å². The van der Waals surface area contributed by atoms with Gasteiger partial charge in [0.2, 0.25) is 5.91 Å². The maximum absolute atomic E-state index is 10.3. The number of nitrogens with two attached hydrogens (primary N) is 1. The van der Waals surface area contributed by atoms with E-state index in [9.17, 15) is 4.79 Å². The van der Waals surface area contributed by atoms with E-state index in [4.69, 9.17) is 10.8 Å². The van der Waals surface area contributed by atoms with Gasteiger partial charge in [-0.2, -0.15) is 0 Å². The molecule has 0 radical (unpaired) electrons. The summed E-state index contributed by atoms with van der Waals surface area (Å²) in [5.41, 5.74) is 4.87. The molecular weight excluding hydrogens is 144 g/mol. The molecule has 11 heavy (non-hydrogen) atoms. The zero-order chi connectivity index (χ0) is 8.85. The van der Waals surface area contributed by atoms with Crippen LogP contribution in [0.1, 0.15) is 12.8 Å². The molecule has 0 rings (SSSR count). The van der Waals surface area contributed by atoms with Crippen molar-refractivity contribution in [3.63, 3.8) is 0 Å². The molecule has 0 aliphatic carbocycles. The van der Waals surface area contributed by atoms with E-state index in [1.54, 1.807) is 6.21 Å². The summed E-state index contributed by atoms with van der Waals surface area (Å²) in [5.74, 6) is -0.468. The average Bonchev–Trinajstić information content (AvgIpc) is 1.82. The Morgan fingerprint density at radius 3 is 2.64 bits per heavy atom. The first-order valence-electron chi connectivity index (χ1n) is 3.48. The van der Waals surface area contributed by atoms with Crippen LogP contribution < -0.4 is 5.73 Å². The van der Waals surface area contributed by atoms with E-state index in [0.717, 1.165) is 0 Å². The molecule has 1 amide bonds. The van der Waals surface area contributed by atoms with Crippen molar-refractivity contribution < 1.29 is 14.5 Å². The van der Waals surface area contributed by atoms with Crippen molar-refractivity contribution in [3.05, 3.63) is 0 Å². The Labute approximate surface area is 66.3 Å². The van der Waals surface area contributed by atoms with Gasteiger partial charge in [0.05, 0.1) is 18.9 Å². The topological polar surface area (TPSA) is 66.3 Å². The van der Waals surface area contributed by atoms with Gasteiger partial charge in [-0.1, -0.05) is 0 Å². The van der Waals surface area contributed by atoms with Gasteiger partial charge < -0.3 is 10.8 Å². The highest BCUT2D eigenvalue weighted by molar-refractivity contribution is 5.74. The standard InChI is InChI=1S/C7H14N2O2/c1-9(2)4-3-6(10)5-7(8)11/h4,6,10H,3,5H2,1-2H3,(H-,8,11)/p+1. The van der Waals surface area contributed by atoms with Crippen LogP contribution in [0.5, 0.6) is 0 Å². The number of carbonyl (C=O) groups is 1. The van der Waals surface area contributed by atoms with E-state index in [2.05, 4.69) is 0 Å². The van der Waals surface area contributed by atoms with Gasteiger partial charge in [0.1, 0.15) is 20.3 Å². The summed E-state index contributed by atoms with van der Waals surface area (Å²) in [7, 11) is 3.72. The van der Waals surface area contributed by atoms with E-state index in [-0.39, 0.29) is 6.42 Å². The highest BCUT2D eigenvalue weighted by atomic mass is 16.3. The van der Waals surface area contributed by atoms with Gasteiger partial charge in [-0.15, -0.1) is 0 Å². The molecule has 0 aromatic heterocycles. The van der Waals surface area contributed by atoms with Crippen LogP contribution in [0.15, 0.2) is 0 Å². The highest BCUT2D eigenvalue weighted by Crippen LogP contribution is 1.93. The summed E-state index contributed by atoms with van der Waals surface area (Å²) in [5, 5.41) is 9.11. The molecule has 0 heterocycles. The maximum atomic E-state index is 10.3. The first-order chi connectivity index (χ1) is 5.02. The maximum Gasteiger partial charge on any atom is 0.220 e. The Bertz CT molecular complexity index is 162. The lowest BCUT2D eigenvalue weighted by Crippen LogP contribution is -2.21. The lowest BCUT2D eigenvalue weighted by atomic mass is 10.2. The fourth-order valence-corrected chi connectivity index (χ4v) is 0.648. The van der Waals surface area contributed by atoms with Crippen molar-refractivity contribution in [1.29, 1.82) is 0 Å². The van der Waals surface area contributed by atoms with Crippen molar-refractivity contribution >= 4 is 12.1 Å². The van der Waals surface area contributed by atoms with Crippen LogP contribution in [-0.4, -0.2) is 42.0 Å². The summed E-state index contributed by atoms with van der Waals surface area (Å²) in [6, 6.07) is 0. The molecule has 0 aromatic carbocycles. The normalized spacial score (nSPS) is 12.3. The van der Waals surface area contributed by atoms with Crippen LogP contribution in [0.25, 0.3) is 0 Å². The van der Waals surface area contributed by atoms with Crippen molar-refractivity contribution in [2.75, 3.05) is 14.1 Å². The number of aliphatic hydroxyl groups excluding tert-OH is 1. The van der Waals surface area contributed by atoms with Gasteiger partial charge in [-0.25, -0.2) is 4.58 Å². The lowest BCUT2D eigenvalue weighted by Gasteiger charge is -2.01. The predicted molar refractivity (Wildman–Crippen MR) is 42.6 cm³/mol. The first-order valence-corrected chi connectivity index (χ1v) is 3.48. The van der Waals surface area contributed by atoms with Crippen LogP contribution in [-0.2, 0) is 4.79 Å². The largest absolute Gasteiger partial charge is 0.392 e. The van der Waals surface area contributed by atoms with Crippen LogP contribution in [0.4, 0.5) is 0 Å². The van der Waals surface area contributed by atoms with Crippen molar-refractivity contribution in [3.8, 4) is 0 Å². The van der Waals surface area contributed by atoms with Crippen LogP contribution in [0, 0.1) is 0 Å². The quantitative estimate of drug-likeness (QED) is 0.406. The smallest absolute Gasteiger partial charge is 0.220 e. The Morgan fingerprint density at radius 1 is 1.73 bits per heavy atom. The molecule has 0 saturated heterocycles. The molecule has 0 bridgehead atoms. The Kier molecular flexibility index (Phi) is 4.45. The molecule has 1 atom stereocenters. The summed E-state index contributed by atoms with van der Waals surface area (Å²) in [6.07, 6.45) is 1.66.